The number of benzene rings is 1. The van der Waals surface area contributed by atoms with Gasteiger partial charge in [0.2, 0.25) is 0 Å². The number of phenols is 1. The first-order chi connectivity index (χ1) is 7.56. The van der Waals surface area contributed by atoms with Crippen molar-refractivity contribution in [3.8, 4) is 5.75 Å². The summed E-state index contributed by atoms with van der Waals surface area (Å²) >= 11 is 0. The molecule has 88 valence electrons. The molecule has 16 heavy (non-hydrogen) atoms. The quantitative estimate of drug-likeness (QED) is 0.764. The molecule has 0 fully saturated rings. The number of esters is 1. The first kappa shape index (κ1) is 12.4. The van der Waals surface area contributed by atoms with Crippen molar-refractivity contribution in [2.75, 3.05) is 6.61 Å². The average Bonchev–Trinajstić information content (AvgIpc) is 2.22. The van der Waals surface area contributed by atoms with Gasteiger partial charge in [0, 0.05) is 11.6 Å². The zero-order valence-corrected chi connectivity index (χ0v) is 8.94. The molecule has 5 heteroatoms. The van der Waals surface area contributed by atoms with E-state index in [0.717, 1.165) is 6.07 Å². The highest BCUT2D eigenvalue weighted by atomic mass is 19.1. The van der Waals surface area contributed by atoms with Gasteiger partial charge in [-0.1, -0.05) is 12.1 Å². The molecular weight excluding hydrogens is 213 g/mol. The molecule has 0 aliphatic rings. The maximum absolute atomic E-state index is 13.0. The molecule has 0 aliphatic carbocycles. The Kier molecular flexibility index (Phi) is 4.25. The minimum absolute atomic E-state index is 0.0924. The van der Waals surface area contributed by atoms with E-state index in [-0.39, 0.29) is 18.6 Å². The summed E-state index contributed by atoms with van der Waals surface area (Å²) in [6.07, 6.45) is -0.0924. The van der Waals surface area contributed by atoms with Crippen molar-refractivity contribution in [2.45, 2.75) is 19.4 Å². The van der Waals surface area contributed by atoms with Crippen LogP contribution in [0.2, 0.25) is 0 Å². The van der Waals surface area contributed by atoms with Gasteiger partial charge in [0.05, 0.1) is 13.0 Å². The normalized spacial score (nSPS) is 12.2. The predicted molar refractivity (Wildman–Crippen MR) is 56.2 cm³/mol. The lowest BCUT2D eigenvalue weighted by Crippen LogP contribution is -2.17. The van der Waals surface area contributed by atoms with Crippen molar-refractivity contribution in [1.29, 1.82) is 0 Å². The van der Waals surface area contributed by atoms with Crippen LogP contribution in [0.1, 0.15) is 24.9 Å². The van der Waals surface area contributed by atoms with Crippen LogP contribution in [0, 0.1) is 5.82 Å². The van der Waals surface area contributed by atoms with Gasteiger partial charge >= 0.3 is 5.97 Å². The Labute approximate surface area is 92.8 Å². The Morgan fingerprint density at radius 2 is 2.31 bits per heavy atom. The van der Waals surface area contributed by atoms with Crippen LogP contribution in [-0.2, 0) is 9.53 Å². The summed E-state index contributed by atoms with van der Waals surface area (Å²) in [7, 11) is 0. The standard InChI is InChI=1S/C11H14FNO3/c1-2-16-10(14)6-9(13)7-4-3-5-8(12)11(7)15/h3-5,9,15H,2,6,13H2,1H3/t9-/m1/s1. The molecule has 1 rings (SSSR count). The number of halogens is 1. The van der Waals surface area contributed by atoms with Gasteiger partial charge in [-0.05, 0) is 13.0 Å². The number of carbonyl (C=O) groups is 1. The average molecular weight is 227 g/mol. The number of ether oxygens (including phenoxy) is 1. The lowest BCUT2D eigenvalue weighted by molar-refractivity contribution is -0.143. The highest BCUT2D eigenvalue weighted by Crippen LogP contribution is 2.27. The maximum atomic E-state index is 13.0. The molecule has 0 heterocycles. The van der Waals surface area contributed by atoms with Crippen molar-refractivity contribution in [3.05, 3.63) is 29.6 Å². The van der Waals surface area contributed by atoms with Crippen LogP contribution in [0.5, 0.6) is 5.75 Å². The molecule has 4 nitrogen and oxygen atoms in total. The second-order valence-electron chi connectivity index (χ2n) is 3.29. The number of phenolic OH excluding ortho intramolecular Hbond substituents is 1. The highest BCUT2D eigenvalue weighted by Gasteiger charge is 2.17. The van der Waals surface area contributed by atoms with Crippen LogP contribution >= 0.6 is 0 Å². The molecule has 3 N–H and O–H groups in total. The fourth-order valence-corrected chi connectivity index (χ4v) is 1.34. The number of rotatable bonds is 4. The summed E-state index contributed by atoms with van der Waals surface area (Å²) in [6.45, 7) is 1.95. The van der Waals surface area contributed by atoms with Gasteiger partial charge in [0.15, 0.2) is 11.6 Å². The van der Waals surface area contributed by atoms with Gasteiger partial charge in [-0.3, -0.25) is 4.79 Å². The molecule has 0 unspecified atom stereocenters. The number of hydrogen-bond donors (Lipinski definition) is 2. The Hall–Kier alpha value is -1.62. The van der Waals surface area contributed by atoms with E-state index in [4.69, 9.17) is 10.5 Å². The SMILES string of the molecule is CCOC(=O)C[C@@H](N)c1cccc(F)c1O. The van der Waals surface area contributed by atoms with Gasteiger partial charge in [-0.2, -0.15) is 0 Å². The molecule has 0 bridgehead atoms. The summed E-state index contributed by atoms with van der Waals surface area (Å²) in [5.74, 6) is -1.74. The van der Waals surface area contributed by atoms with Gasteiger partial charge in [0.25, 0.3) is 0 Å². The number of nitrogens with two attached hydrogens (primary N) is 1. The summed E-state index contributed by atoms with van der Waals surface area (Å²) in [5.41, 5.74) is 5.87. The van der Waals surface area contributed by atoms with Gasteiger partial charge in [0.1, 0.15) is 0 Å². The molecule has 0 saturated carbocycles. The Morgan fingerprint density at radius 1 is 1.62 bits per heavy atom. The molecule has 1 aromatic carbocycles. The summed E-state index contributed by atoms with van der Waals surface area (Å²) < 4.78 is 17.7. The van der Waals surface area contributed by atoms with Crippen LogP contribution in [-0.4, -0.2) is 17.7 Å². The largest absolute Gasteiger partial charge is 0.505 e. The minimum Gasteiger partial charge on any atom is -0.505 e. The van der Waals surface area contributed by atoms with Crippen molar-refractivity contribution in [2.24, 2.45) is 5.73 Å². The summed E-state index contributed by atoms with van der Waals surface area (Å²) in [6, 6.07) is 3.25. The third kappa shape index (κ3) is 2.93. The zero-order valence-electron chi connectivity index (χ0n) is 8.94. The van der Waals surface area contributed by atoms with E-state index in [1.54, 1.807) is 6.92 Å². The molecular formula is C11H14FNO3. The zero-order chi connectivity index (χ0) is 12.1. The van der Waals surface area contributed by atoms with Crippen molar-refractivity contribution in [3.63, 3.8) is 0 Å². The number of aromatic hydroxyl groups is 1. The first-order valence-electron chi connectivity index (χ1n) is 4.94. The first-order valence-corrected chi connectivity index (χ1v) is 4.94. The van der Waals surface area contributed by atoms with Crippen molar-refractivity contribution in [1.82, 2.24) is 0 Å². The van der Waals surface area contributed by atoms with E-state index >= 15 is 0 Å². The fraction of sp³-hybridized carbons (Fsp3) is 0.364. The van der Waals surface area contributed by atoms with E-state index in [2.05, 4.69) is 0 Å². The highest BCUT2D eigenvalue weighted by molar-refractivity contribution is 5.70. The molecule has 1 atom stereocenters. The molecule has 0 aromatic heterocycles. The Balaban J connectivity index is 2.76. The van der Waals surface area contributed by atoms with Gasteiger partial charge in [-0.15, -0.1) is 0 Å². The van der Waals surface area contributed by atoms with Crippen LogP contribution in [0.25, 0.3) is 0 Å². The Morgan fingerprint density at radius 3 is 2.94 bits per heavy atom. The van der Waals surface area contributed by atoms with Gasteiger partial charge < -0.3 is 15.6 Å². The molecule has 0 radical (unpaired) electrons. The number of carbonyl (C=O) groups excluding carboxylic acids is 1. The smallest absolute Gasteiger partial charge is 0.307 e. The monoisotopic (exact) mass is 227 g/mol. The van der Waals surface area contributed by atoms with E-state index in [9.17, 15) is 14.3 Å². The molecule has 1 aromatic rings. The maximum Gasteiger partial charge on any atom is 0.307 e. The second-order valence-corrected chi connectivity index (χ2v) is 3.29. The second kappa shape index (κ2) is 5.46. The van der Waals surface area contributed by atoms with Crippen LogP contribution in [0.4, 0.5) is 4.39 Å². The van der Waals surface area contributed by atoms with E-state index < -0.39 is 23.6 Å². The molecule has 0 saturated heterocycles. The fourth-order valence-electron chi connectivity index (χ4n) is 1.34. The lowest BCUT2D eigenvalue weighted by atomic mass is 10.0. The van der Waals surface area contributed by atoms with Crippen molar-refractivity contribution >= 4 is 5.97 Å². The topological polar surface area (TPSA) is 72.5 Å². The third-order valence-electron chi connectivity index (χ3n) is 2.11. The molecule has 0 spiro atoms. The van der Waals surface area contributed by atoms with E-state index in [1.165, 1.54) is 12.1 Å². The predicted octanol–water partition coefficient (Wildman–Crippen LogP) is 1.48. The minimum atomic E-state index is -0.769. The van der Waals surface area contributed by atoms with E-state index in [1.807, 2.05) is 0 Å². The van der Waals surface area contributed by atoms with Crippen LogP contribution in [0.3, 0.4) is 0 Å². The van der Waals surface area contributed by atoms with Crippen LogP contribution in [0.15, 0.2) is 18.2 Å². The molecule has 0 aliphatic heterocycles. The summed E-state index contributed by atoms with van der Waals surface area (Å²) in [4.78, 5) is 11.1. The summed E-state index contributed by atoms with van der Waals surface area (Å²) in [5, 5.41) is 9.40. The third-order valence-corrected chi connectivity index (χ3v) is 2.11. The Bertz CT molecular complexity index is 381. The van der Waals surface area contributed by atoms with Crippen LogP contribution < -0.4 is 5.73 Å². The van der Waals surface area contributed by atoms with E-state index in [0.29, 0.717) is 0 Å². The number of hydrogen-bond acceptors (Lipinski definition) is 4. The lowest BCUT2D eigenvalue weighted by Gasteiger charge is -2.12. The van der Waals surface area contributed by atoms with Crippen molar-refractivity contribution < 1.29 is 19.0 Å². The molecule has 0 amide bonds. The number of para-hydroxylation sites is 1. The van der Waals surface area contributed by atoms with Gasteiger partial charge in [-0.25, -0.2) is 4.39 Å².